The van der Waals surface area contributed by atoms with E-state index in [0.717, 1.165) is 25.1 Å². The molecule has 1 fully saturated rings. The smallest absolute Gasteiger partial charge is 0.370 e. The highest BCUT2D eigenvalue weighted by Crippen LogP contribution is 2.32. The first kappa shape index (κ1) is 62.0. The Labute approximate surface area is 446 Å². The summed E-state index contributed by atoms with van der Waals surface area (Å²) in [5, 5.41) is 41.0. The second kappa shape index (κ2) is 30.3. The molecule has 29 heteroatoms. The number of carbonyl (C=O) groups excluding carboxylic acids is 9. The first-order valence-electron chi connectivity index (χ1n) is 25.2. The standard InChI is InChI=1S/C49H70F3N17O9/c1-26(70)63-33(14-7-21-60-47(55)56)41(73)66-35-16-17-39(71)59-20-6-13-32(40(54)72)64-45(77)38(24-28-25-62-31-12-5-3-10-29(28)31)69-42(74)34(15-8-22-61-48(57)58)65-46(78)37(68-44(76)36(18-19-53)67-43(35)75)23-27-9-2-4-11-30(27)49(50,51)52/h2-5,9-12,25,32-38,62H,6-8,13-24,53H2,1H3,(H2,54,72)(H,59,71)(H,63,70)(H,64,77)(H,65,78)(H,66,73)(H,67,75)(H,68,76)(H,69,74)(H4,55,56,60)(H4,57,58,61)/t32-,33-,34-,35-,36-,37+,38-/m0/s1. The Bertz CT molecular complexity index is 2630. The molecule has 0 spiro atoms. The molecule has 0 aliphatic carbocycles. The summed E-state index contributed by atoms with van der Waals surface area (Å²) in [7, 11) is 0. The fraction of sp³-hybridized carbons (Fsp3) is 0.490. The van der Waals surface area contributed by atoms with Crippen LogP contribution in [0.5, 0.6) is 0 Å². The van der Waals surface area contributed by atoms with E-state index < -0.39 is 138 Å². The second-order valence-corrected chi connectivity index (χ2v) is 18.5. The Kier molecular flexibility index (Phi) is 24.1. The minimum Gasteiger partial charge on any atom is -0.370 e. The zero-order valence-electron chi connectivity index (χ0n) is 43.0. The van der Waals surface area contributed by atoms with Crippen LogP contribution in [-0.4, -0.2) is 139 Å². The van der Waals surface area contributed by atoms with Gasteiger partial charge in [0, 0.05) is 62.9 Å². The molecule has 0 bridgehead atoms. The van der Waals surface area contributed by atoms with E-state index >= 15 is 0 Å². The highest BCUT2D eigenvalue weighted by atomic mass is 19.4. The summed E-state index contributed by atoms with van der Waals surface area (Å²) in [6.07, 6.45) is -5.65. The third-order valence-corrected chi connectivity index (χ3v) is 12.4. The SMILES string of the molecule is CC(=O)N[C@@H](CCCNC(=N)N)C(=O)N[C@H]1CCC(=O)NCCC[C@@H](C(N)=O)NC(=O)[C@H](Cc2c[nH]c3ccccc23)NC(=O)[C@H](CCCNC(=N)N)NC(=O)[C@@H](Cc2ccccc2C(F)(F)F)NC(=O)[C@H](CCN)NC1=O. The number of rotatable bonds is 18. The van der Waals surface area contributed by atoms with Gasteiger partial charge in [0.2, 0.25) is 53.2 Å². The van der Waals surface area contributed by atoms with Gasteiger partial charge in [-0.25, -0.2) is 0 Å². The van der Waals surface area contributed by atoms with Crippen molar-refractivity contribution in [2.75, 3.05) is 26.2 Å². The maximum atomic E-state index is 14.6. The minimum atomic E-state index is -4.95. The quantitative estimate of drug-likeness (QED) is 0.0354. The molecular weight excluding hydrogens is 1030 g/mol. The zero-order valence-corrected chi connectivity index (χ0v) is 43.0. The van der Waals surface area contributed by atoms with E-state index in [1.807, 2.05) is 0 Å². The van der Waals surface area contributed by atoms with Crippen LogP contribution in [0.2, 0.25) is 0 Å². The number of benzene rings is 2. The predicted octanol–water partition coefficient (Wildman–Crippen LogP) is -2.56. The zero-order chi connectivity index (χ0) is 57.5. The summed E-state index contributed by atoms with van der Waals surface area (Å²) in [4.78, 5) is 127. The summed E-state index contributed by atoms with van der Waals surface area (Å²) in [5.41, 5.74) is 22.1. The molecule has 2 aromatic carbocycles. The van der Waals surface area contributed by atoms with Gasteiger partial charge in [0.25, 0.3) is 0 Å². The van der Waals surface area contributed by atoms with Gasteiger partial charge >= 0.3 is 6.18 Å². The van der Waals surface area contributed by atoms with E-state index in [1.165, 1.54) is 6.07 Å². The van der Waals surface area contributed by atoms with Crippen LogP contribution >= 0.6 is 0 Å². The summed E-state index contributed by atoms with van der Waals surface area (Å²) in [6.45, 7) is 0.898. The van der Waals surface area contributed by atoms with Crippen LogP contribution in [-0.2, 0) is 62.2 Å². The van der Waals surface area contributed by atoms with Crippen molar-refractivity contribution >= 4 is 76.0 Å². The number of halogens is 3. The van der Waals surface area contributed by atoms with Crippen LogP contribution in [0.3, 0.4) is 0 Å². The first-order valence-corrected chi connectivity index (χ1v) is 25.2. The second-order valence-electron chi connectivity index (χ2n) is 18.5. The Balaban J connectivity index is 1.81. The van der Waals surface area contributed by atoms with E-state index in [-0.39, 0.29) is 83.5 Å². The molecule has 7 atom stereocenters. The number of aromatic nitrogens is 1. The number of amides is 9. The van der Waals surface area contributed by atoms with Crippen molar-refractivity contribution in [3.05, 3.63) is 71.4 Å². The average Bonchev–Trinajstić information content (AvgIpc) is 3.80. The lowest BCUT2D eigenvalue weighted by molar-refractivity contribution is -0.139. The van der Waals surface area contributed by atoms with Crippen molar-refractivity contribution in [3.8, 4) is 0 Å². The number of nitrogens with two attached hydrogens (primary N) is 4. The first-order chi connectivity index (χ1) is 37.0. The van der Waals surface area contributed by atoms with Crippen LogP contribution in [0.15, 0.2) is 54.7 Å². The summed E-state index contributed by atoms with van der Waals surface area (Å²) < 4.78 is 43.4. The number of hydrogen-bond acceptors (Lipinski definition) is 12. The number of carbonyl (C=O) groups is 9. The minimum absolute atomic E-state index is 0.0114. The molecule has 21 N–H and O–H groups in total. The fourth-order valence-electron chi connectivity index (χ4n) is 8.50. The molecule has 26 nitrogen and oxygen atoms in total. The molecule has 1 saturated heterocycles. The van der Waals surface area contributed by atoms with Crippen LogP contribution in [0.25, 0.3) is 10.9 Å². The normalized spacial score (nSPS) is 21.0. The van der Waals surface area contributed by atoms with E-state index in [9.17, 15) is 56.3 Å². The maximum Gasteiger partial charge on any atom is 0.416 e. The molecule has 78 heavy (non-hydrogen) atoms. The Morgan fingerprint density at radius 1 is 0.718 bits per heavy atom. The monoisotopic (exact) mass is 1100 g/mol. The van der Waals surface area contributed by atoms with Gasteiger partial charge in [0.05, 0.1) is 5.56 Å². The number of H-pyrrole nitrogens is 1. The number of fused-ring (bicyclic) bond motifs is 1. The average molecular weight is 1100 g/mol. The van der Waals surface area contributed by atoms with Gasteiger partial charge < -0.3 is 81.1 Å². The van der Waals surface area contributed by atoms with Crippen molar-refractivity contribution in [1.29, 1.82) is 10.8 Å². The van der Waals surface area contributed by atoms with Crippen molar-refractivity contribution in [2.24, 2.45) is 22.9 Å². The largest absolute Gasteiger partial charge is 0.416 e. The molecule has 1 aliphatic rings. The molecule has 1 aliphatic heterocycles. The summed E-state index contributed by atoms with van der Waals surface area (Å²) >= 11 is 0. The van der Waals surface area contributed by atoms with Crippen molar-refractivity contribution in [2.45, 2.75) is 126 Å². The van der Waals surface area contributed by atoms with Gasteiger partial charge in [0.1, 0.15) is 42.3 Å². The van der Waals surface area contributed by atoms with Gasteiger partial charge in [-0.3, -0.25) is 54.0 Å². The summed E-state index contributed by atoms with van der Waals surface area (Å²) in [5.74, 6) is -9.14. The number of primary amides is 1. The lowest BCUT2D eigenvalue weighted by atomic mass is 9.98. The molecule has 0 unspecified atom stereocenters. The fourth-order valence-corrected chi connectivity index (χ4v) is 8.50. The molecular formula is C49H70F3N17O9. The lowest BCUT2D eigenvalue weighted by Crippen LogP contribution is -2.60. The molecule has 0 radical (unpaired) electrons. The molecule has 0 saturated carbocycles. The van der Waals surface area contributed by atoms with Gasteiger partial charge in [-0.1, -0.05) is 36.4 Å². The number of aromatic amines is 1. The highest BCUT2D eigenvalue weighted by Gasteiger charge is 2.38. The lowest BCUT2D eigenvalue weighted by Gasteiger charge is -2.28. The van der Waals surface area contributed by atoms with Gasteiger partial charge in [0.15, 0.2) is 11.9 Å². The highest BCUT2D eigenvalue weighted by molar-refractivity contribution is 5.98. The van der Waals surface area contributed by atoms with E-state index in [4.69, 9.17) is 33.8 Å². The van der Waals surface area contributed by atoms with Crippen LogP contribution in [0.1, 0.15) is 81.4 Å². The third kappa shape index (κ3) is 20.2. The Morgan fingerprint density at radius 3 is 1.91 bits per heavy atom. The number of alkyl halides is 3. The number of para-hydroxylation sites is 1. The summed E-state index contributed by atoms with van der Waals surface area (Å²) in [6, 6.07) is 0.419. The number of hydrogen-bond donors (Lipinski definition) is 17. The van der Waals surface area contributed by atoms with Crippen molar-refractivity contribution in [1.82, 2.24) is 58.2 Å². The molecule has 9 amide bonds. The van der Waals surface area contributed by atoms with Gasteiger partial charge in [-0.2, -0.15) is 13.2 Å². The number of guanidine groups is 2. The molecule has 2 heterocycles. The third-order valence-electron chi connectivity index (χ3n) is 12.4. The Hall–Kier alpha value is -8.50. The molecule has 3 aromatic rings. The molecule has 1 aromatic heterocycles. The van der Waals surface area contributed by atoms with Gasteiger partial charge in [-0.05, 0) is 81.2 Å². The van der Waals surface area contributed by atoms with Crippen molar-refractivity contribution < 1.29 is 56.3 Å². The molecule has 4 rings (SSSR count). The van der Waals surface area contributed by atoms with E-state index in [0.29, 0.717) is 16.5 Å². The molecule has 426 valence electrons. The van der Waals surface area contributed by atoms with Crippen LogP contribution < -0.4 is 76.1 Å². The van der Waals surface area contributed by atoms with Crippen LogP contribution in [0.4, 0.5) is 13.2 Å². The van der Waals surface area contributed by atoms with Gasteiger partial charge in [-0.15, -0.1) is 0 Å². The predicted molar refractivity (Wildman–Crippen MR) is 279 cm³/mol. The van der Waals surface area contributed by atoms with Crippen LogP contribution in [0, 0.1) is 10.8 Å². The van der Waals surface area contributed by atoms with Crippen molar-refractivity contribution in [3.63, 3.8) is 0 Å². The Morgan fingerprint density at radius 2 is 1.28 bits per heavy atom. The number of nitrogens with one attached hydrogen (secondary N) is 13. The topological polar surface area (TPSA) is 441 Å². The van der Waals surface area contributed by atoms with E-state index in [1.54, 1.807) is 30.5 Å². The maximum absolute atomic E-state index is 14.6. The van der Waals surface area contributed by atoms with E-state index in [2.05, 4.69) is 58.2 Å².